The highest BCUT2D eigenvalue weighted by Crippen LogP contribution is 2.21. The summed E-state index contributed by atoms with van der Waals surface area (Å²) in [5.41, 5.74) is 0.990. The SMILES string of the molecule is Cn1nc(CNC(=O)c2ccc(Oc3ccccc3)cc2)c2ccccc2c1=O. The van der Waals surface area contributed by atoms with Crippen molar-refractivity contribution in [3.63, 3.8) is 0 Å². The summed E-state index contributed by atoms with van der Waals surface area (Å²) in [7, 11) is 1.60. The molecule has 6 nitrogen and oxygen atoms in total. The first-order valence-electron chi connectivity index (χ1n) is 9.18. The second-order valence-electron chi connectivity index (χ2n) is 6.54. The number of amides is 1. The number of hydrogen-bond donors (Lipinski definition) is 1. The molecule has 0 saturated carbocycles. The van der Waals surface area contributed by atoms with E-state index in [1.54, 1.807) is 37.4 Å². The highest BCUT2D eigenvalue weighted by atomic mass is 16.5. The van der Waals surface area contributed by atoms with E-state index in [0.717, 1.165) is 11.1 Å². The number of nitrogens with one attached hydrogen (secondary N) is 1. The average molecular weight is 385 g/mol. The van der Waals surface area contributed by atoms with E-state index in [-0.39, 0.29) is 18.0 Å². The Hall–Kier alpha value is -3.93. The number of benzene rings is 3. The number of para-hydroxylation sites is 1. The van der Waals surface area contributed by atoms with E-state index < -0.39 is 0 Å². The fourth-order valence-electron chi connectivity index (χ4n) is 3.07. The molecule has 1 amide bonds. The van der Waals surface area contributed by atoms with Crippen LogP contribution < -0.4 is 15.6 Å². The maximum Gasteiger partial charge on any atom is 0.274 e. The average Bonchev–Trinajstić information content (AvgIpc) is 2.76. The Morgan fingerprint density at radius 1 is 0.897 bits per heavy atom. The summed E-state index contributed by atoms with van der Waals surface area (Å²) >= 11 is 0. The van der Waals surface area contributed by atoms with Gasteiger partial charge in [0, 0.05) is 18.0 Å². The molecule has 0 unspecified atom stereocenters. The number of rotatable bonds is 5. The van der Waals surface area contributed by atoms with Gasteiger partial charge in [-0.25, -0.2) is 4.68 Å². The van der Waals surface area contributed by atoms with Gasteiger partial charge in [-0.2, -0.15) is 5.10 Å². The van der Waals surface area contributed by atoms with Gasteiger partial charge in [0.2, 0.25) is 0 Å². The molecule has 0 saturated heterocycles. The molecular formula is C23H19N3O3. The van der Waals surface area contributed by atoms with Crippen molar-refractivity contribution in [1.82, 2.24) is 15.1 Å². The van der Waals surface area contributed by atoms with Crippen LogP contribution in [0.15, 0.2) is 83.7 Å². The third kappa shape index (κ3) is 4.01. The normalized spacial score (nSPS) is 10.7. The van der Waals surface area contributed by atoms with Crippen LogP contribution in [0.5, 0.6) is 11.5 Å². The fraction of sp³-hybridized carbons (Fsp3) is 0.0870. The smallest absolute Gasteiger partial charge is 0.274 e. The van der Waals surface area contributed by atoms with Crippen LogP contribution in [-0.2, 0) is 13.6 Å². The highest BCUT2D eigenvalue weighted by Gasteiger charge is 2.11. The first-order chi connectivity index (χ1) is 14.1. The summed E-state index contributed by atoms with van der Waals surface area (Å²) in [4.78, 5) is 24.7. The van der Waals surface area contributed by atoms with E-state index in [1.807, 2.05) is 48.5 Å². The zero-order valence-corrected chi connectivity index (χ0v) is 15.8. The van der Waals surface area contributed by atoms with Crippen molar-refractivity contribution in [2.24, 2.45) is 7.05 Å². The molecule has 0 bridgehead atoms. The first kappa shape index (κ1) is 18.4. The standard InChI is InChI=1S/C23H19N3O3/c1-26-23(28)20-10-6-5-9-19(20)21(25-26)15-24-22(27)16-11-13-18(14-12-16)29-17-7-3-2-4-8-17/h2-14H,15H2,1H3,(H,24,27). The van der Waals surface area contributed by atoms with Crippen LogP contribution in [-0.4, -0.2) is 15.7 Å². The van der Waals surface area contributed by atoms with Crippen LogP contribution in [0.1, 0.15) is 16.1 Å². The minimum Gasteiger partial charge on any atom is -0.457 e. The van der Waals surface area contributed by atoms with E-state index in [1.165, 1.54) is 4.68 Å². The van der Waals surface area contributed by atoms with Gasteiger partial charge in [-0.1, -0.05) is 36.4 Å². The molecule has 1 N–H and O–H groups in total. The predicted octanol–water partition coefficient (Wildman–Crippen LogP) is 3.66. The molecule has 0 aliphatic carbocycles. The second-order valence-corrected chi connectivity index (χ2v) is 6.54. The first-order valence-corrected chi connectivity index (χ1v) is 9.18. The molecule has 0 fully saturated rings. The molecule has 6 heteroatoms. The van der Waals surface area contributed by atoms with Gasteiger partial charge in [0.15, 0.2) is 0 Å². The van der Waals surface area contributed by atoms with E-state index >= 15 is 0 Å². The van der Waals surface area contributed by atoms with Crippen LogP contribution in [0, 0.1) is 0 Å². The van der Waals surface area contributed by atoms with Gasteiger partial charge < -0.3 is 10.1 Å². The third-order valence-corrected chi connectivity index (χ3v) is 4.54. The molecule has 4 aromatic rings. The molecule has 1 heterocycles. The summed E-state index contributed by atoms with van der Waals surface area (Å²) in [6.45, 7) is 0.218. The van der Waals surface area contributed by atoms with Crippen LogP contribution in [0.3, 0.4) is 0 Å². The summed E-state index contributed by atoms with van der Waals surface area (Å²) in [6.07, 6.45) is 0. The number of fused-ring (bicyclic) bond motifs is 1. The lowest BCUT2D eigenvalue weighted by Crippen LogP contribution is -2.27. The maximum absolute atomic E-state index is 12.5. The van der Waals surface area contributed by atoms with Gasteiger partial charge in [0.1, 0.15) is 11.5 Å². The lowest BCUT2D eigenvalue weighted by Gasteiger charge is -2.10. The van der Waals surface area contributed by atoms with Crippen molar-refractivity contribution in [2.45, 2.75) is 6.54 Å². The molecule has 0 aliphatic heterocycles. The Morgan fingerprint density at radius 2 is 1.52 bits per heavy atom. The number of carbonyl (C=O) groups is 1. The van der Waals surface area contributed by atoms with Crippen molar-refractivity contribution in [3.05, 3.63) is 100 Å². The Morgan fingerprint density at radius 3 is 2.24 bits per heavy atom. The molecule has 1 aromatic heterocycles. The van der Waals surface area contributed by atoms with Gasteiger partial charge in [0.05, 0.1) is 17.6 Å². The van der Waals surface area contributed by atoms with Crippen LogP contribution in [0.2, 0.25) is 0 Å². The number of aryl methyl sites for hydroxylation is 1. The third-order valence-electron chi connectivity index (χ3n) is 4.54. The zero-order valence-electron chi connectivity index (χ0n) is 15.8. The van der Waals surface area contributed by atoms with Crippen LogP contribution >= 0.6 is 0 Å². The largest absolute Gasteiger partial charge is 0.457 e. The number of hydrogen-bond acceptors (Lipinski definition) is 4. The number of carbonyl (C=O) groups excluding carboxylic acids is 1. The maximum atomic E-state index is 12.5. The lowest BCUT2D eigenvalue weighted by molar-refractivity contribution is 0.0950. The van der Waals surface area contributed by atoms with Crippen LogP contribution in [0.25, 0.3) is 10.8 Å². The second kappa shape index (κ2) is 7.98. The van der Waals surface area contributed by atoms with Gasteiger partial charge in [0.25, 0.3) is 11.5 Å². The topological polar surface area (TPSA) is 73.2 Å². The summed E-state index contributed by atoms with van der Waals surface area (Å²) < 4.78 is 7.03. The quantitative estimate of drug-likeness (QED) is 0.569. The minimum absolute atomic E-state index is 0.162. The molecule has 0 aliphatic rings. The van der Waals surface area contributed by atoms with Gasteiger partial charge in [-0.05, 0) is 42.5 Å². The Kier molecular flexibility index (Phi) is 5.07. The molecule has 0 atom stereocenters. The zero-order chi connectivity index (χ0) is 20.2. The Balaban J connectivity index is 1.47. The highest BCUT2D eigenvalue weighted by molar-refractivity contribution is 5.94. The fourth-order valence-corrected chi connectivity index (χ4v) is 3.07. The summed E-state index contributed by atoms with van der Waals surface area (Å²) in [6, 6.07) is 23.6. The molecule has 29 heavy (non-hydrogen) atoms. The van der Waals surface area contributed by atoms with Gasteiger partial charge >= 0.3 is 0 Å². The van der Waals surface area contributed by atoms with Gasteiger partial charge in [-0.3, -0.25) is 9.59 Å². The number of nitrogens with zero attached hydrogens (tertiary/aromatic N) is 2. The number of ether oxygens (including phenoxy) is 1. The summed E-state index contributed by atoms with van der Waals surface area (Å²) in [5.74, 6) is 1.16. The van der Waals surface area contributed by atoms with Crippen molar-refractivity contribution < 1.29 is 9.53 Å². The minimum atomic E-state index is -0.226. The van der Waals surface area contributed by atoms with Crippen molar-refractivity contribution >= 4 is 16.7 Å². The van der Waals surface area contributed by atoms with Crippen molar-refractivity contribution in [1.29, 1.82) is 0 Å². The van der Waals surface area contributed by atoms with Crippen LogP contribution in [0.4, 0.5) is 0 Å². The van der Waals surface area contributed by atoms with E-state index in [4.69, 9.17) is 4.74 Å². The molecule has 0 radical (unpaired) electrons. The molecular weight excluding hydrogens is 366 g/mol. The van der Waals surface area contributed by atoms with E-state index in [2.05, 4.69) is 10.4 Å². The molecule has 144 valence electrons. The van der Waals surface area contributed by atoms with Crippen molar-refractivity contribution in [2.75, 3.05) is 0 Å². The molecule has 0 spiro atoms. The lowest BCUT2D eigenvalue weighted by atomic mass is 10.1. The molecule has 4 rings (SSSR count). The van der Waals surface area contributed by atoms with E-state index in [0.29, 0.717) is 22.4 Å². The monoisotopic (exact) mass is 385 g/mol. The Bertz CT molecular complexity index is 1220. The number of aromatic nitrogens is 2. The van der Waals surface area contributed by atoms with Gasteiger partial charge in [-0.15, -0.1) is 0 Å². The molecule has 3 aromatic carbocycles. The summed E-state index contributed by atoms with van der Waals surface area (Å²) in [5, 5.41) is 8.48. The van der Waals surface area contributed by atoms with E-state index in [9.17, 15) is 9.59 Å². The predicted molar refractivity (Wildman–Crippen MR) is 111 cm³/mol. The van der Waals surface area contributed by atoms with Crippen molar-refractivity contribution in [3.8, 4) is 11.5 Å². The Labute approximate surface area is 167 Å².